The van der Waals surface area contributed by atoms with Gasteiger partial charge in [-0.25, -0.2) is 9.97 Å². The number of nitrogens with two attached hydrogens (primary N) is 1. The number of carbonyl (C=O) groups excluding carboxylic acids is 1. The van der Waals surface area contributed by atoms with E-state index >= 15 is 0 Å². The van der Waals surface area contributed by atoms with Crippen LogP contribution in [0.4, 0.5) is 10.1 Å². The van der Waals surface area contributed by atoms with Crippen LogP contribution < -0.4 is 16.4 Å². The number of hydrogen-bond acceptors (Lipinski definition) is 8. The molecular weight excluding hydrogens is 490 g/mol. The standard InChI is InChI=1S/C26H27N7OS2/c27-18-5-1-2-6-19(18)29-25(34)22-8-10-24(36-22)31-26-30-20(16-35-26)21-13-28-23-9-7-17(15-33(21)23)14-32-11-3-4-12-32/h2,6-10,13,15-16H,1,3-5,11-12,14,27H2,(H,29,34)(H,30,31). The van der Waals surface area contributed by atoms with Gasteiger partial charge < -0.3 is 16.4 Å². The highest BCUT2D eigenvalue weighted by Gasteiger charge is 2.16. The largest absolute Gasteiger partial charge is 0.400 e. The molecule has 5 heterocycles. The first kappa shape index (κ1) is 23.0. The van der Waals surface area contributed by atoms with E-state index in [0.29, 0.717) is 16.3 Å². The van der Waals surface area contributed by atoms with Crippen LogP contribution in [-0.4, -0.2) is 38.3 Å². The van der Waals surface area contributed by atoms with Gasteiger partial charge in [0.15, 0.2) is 5.13 Å². The fraction of sp³-hybridized carbons (Fsp3) is 0.269. The third-order valence-corrected chi connectivity index (χ3v) is 8.21. The summed E-state index contributed by atoms with van der Waals surface area (Å²) in [6, 6.07) is 7.95. The Bertz CT molecular complexity index is 1470. The van der Waals surface area contributed by atoms with Crippen molar-refractivity contribution in [1.29, 1.82) is 0 Å². The minimum Gasteiger partial charge on any atom is -0.400 e. The number of amides is 1. The first-order valence-electron chi connectivity index (χ1n) is 12.1. The van der Waals surface area contributed by atoms with E-state index in [1.54, 1.807) is 0 Å². The van der Waals surface area contributed by atoms with Gasteiger partial charge in [0.05, 0.1) is 27.5 Å². The highest BCUT2D eigenvalue weighted by atomic mass is 32.1. The van der Waals surface area contributed by atoms with Crippen molar-refractivity contribution >= 4 is 44.4 Å². The van der Waals surface area contributed by atoms with E-state index in [4.69, 9.17) is 10.7 Å². The Morgan fingerprint density at radius 3 is 2.92 bits per heavy atom. The van der Waals surface area contributed by atoms with Crippen LogP contribution in [0, 0.1) is 0 Å². The van der Waals surface area contributed by atoms with Gasteiger partial charge in [0.2, 0.25) is 0 Å². The fourth-order valence-electron chi connectivity index (χ4n) is 4.58. The molecule has 1 aliphatic heterocycles. The average Bonchev–Trinajstić information content (AvgIpc) is 3.68. The van der Waals surface area contributed by atoms with Gasteiger partial charge >= 0.3 is 0 Å². The Hall–Kier alpha value is -3.47. The average molecular weight is 518 g/mol. The summed E-state index contributed by atoms with van der Waals surface area (Å²) in [6.45, 7) is 3.31. The van der Waals surface area contributed by atoms with Crippen molar-refractivity contribution in [1.82, 2.24) is 24.6 Å². The molecule has 36 heavy (non-hydrogen) atoms. The van der Waals surface area contributed by atoms with Crippen molar-refractivity contribution in [2.45, 2.75) is 32.2 Å². The van der Waals surface area contributed by atoms with Crippen molar-refractivity contribution in [2.24, 2.45) is 5.73 Å². The molecule has 1 aliphatic carbocycles. The smallest absolute Gasteiger partial charge is 0.265 e. The molecule has 6 rings (SSSR count). The monoisotopic (exact) mass is 517 g/mol. The first-order chi connectivity index (χ1) is 17.6. The lowest BCUT2D eigenvalue weighted by Crippen LogP contribution is -2.25. The van der Waals surface area contributed by atoms with E-state index in [9.17, 15) is 4.79 Å². The number of fused-ring (bicyclic) bond motifs is 1. The number of carbonyl (C=O) groups is 1. The van der Waals surface area contributed by atoms with Gasteiger partial charge in [-0.15, -0.1) is 22.7 Å². The van der Waals surface area contributed by atoms with E-state index in [2.05, 4.69) is 43.2 Å². The van der Waals surface area contributed by atoms with Gasteiger partial charge in [0, 0.05) is 23.8 Å². The molecule has 1 fully saturated rings. The van der Waals surface area contributed by atoms with Gasteiger partial charge in [-0.2, -0.15) is 0 Å². The second-order valence-corrected chi connectivity index (χ2v) is 11.0. The fourth-order valence-corrected chi connectivity index (χ4v) is 6.16. The molecule has 184 valence electrons. The Morgan fingerprint density at radius 2 is 2.06 bits per heavy atom. The lowest BCUT2D eigenvalue weighted by Gasteiger charge is -2.14. The second-order valence-electron chi connectivity index (χ2n) is 9.05. The zero-order valence-electron chi connectivity index (χ0n) is 19.7. The Kier molecular flexibility index (Phi) is 6.30. The predicted octanol–water partition coefficient (Wildman–Crippen LogP) is 5.11. The molecule has 0 saturated carbocycles. The van der Waals surface area contributed by atoms with Crippen molar-refractivity contribution in [3.8, 4) is 11.4 Å². The Balaban J connectivity index is 1.16. The number of imidazole rings is 1. The van der Waals surface area contributed by atoms with Crippen LogP contribution in [0.3, 0.4) is 0 Å². The maximum absolute atomic E-state index is 12.7. The van der Waals surface area contributed by atoms with Crippen molar-refractivity contribution in [2.75, 3.05) is 18.4 Å². The van der Waals surface area contributed by atoms with Gasteiger partial charge in [-0.3, -0.25) is 14.1 Å². The molecule has 0 spiro atoms. The van der Waals surface area contributed by atoms with Crippen LogP contribution in [0.1, 0.15) is 40.9 Å². The van der Waals surface area contributed by atoms with Gasteiger partial charge in [0.1, 0.15) is 11.3 Å². The van der Waals surface area contributed by atoms with Crippen LogP contribution in [0.15, 0.2) is 65.6 Å². The number of hydrogen-bond donors (Lipinski definition) is 3. The minimum atomic E-state index is -0.159. The topological polar surface area (TPSA) is 101 Å². The lowest BCUT2D eigenvalue weighted by atomic mass is 10.1. The summed E-state index contributed by atoms with van der Waals surface area (Å²) < 4.78 is 2.12. The van der Waals surface area contributed by atoms with Crippen LogP contribution in [0.2, 0.25) is 0 Å². The normalized spacial score (nSPS) is 16.2. The summed E-state index contributed by atoms with van der Waals surface area (Å²) in [5.41, 5.74) is 11.5. The van der Waals surface area contributed by atoms with E-state index < -0.39 is 0 Å². The molecule has 0 atom stereocenters. The summed E-state index contributed by atoms with van der Waals surface area (Å²) in [5.74, 6) is -0.159. The molecular formula is C26H27N7OS2. The summed E-state index contributed by atoms with van der Waals surface area (Å²) in [4.78, 5) is 25.1. The van der Waals surface area contributed by atoms with Gasteiger partial charge in [-0.05, 0) is 68.6 Å². The lowest BCUT2D eigenvalue weighted by molar-refractivity contribution is 0.0970. The summed E-state index contributed by atoms with van der Waals surface area (Å²) >= 11 is 2.92. The number of allylic oxidation sites excluding steroid dienone is 3. The van der Waals surface area contributed by atoms with Gasteiger partial charge in [0.25, 0.3) is 5.91 Å². The van der Waals surface area contributed by atoms with Crippen molar-refractivity contribution in [3.63, 3.8) is 0 Å². The number of pyridine rings is 1. The zero-order valence-corrected chi connectivity index (χ0v) is 21.4. The minimum absolute atomic E-state index is 0.159. The summed E-state index contributed by atoms with van der Waals surface area (Å²) in [7, 11) is 0. The van der Waals surface area contributed by atoms with E-state index in [0.717, 1.165) is 46.6 Å². The number of nitrogens with zero attached hydrogens (tertiary/aromatic N) is 4. The third-order valence-electron chi connectivity index (χ3n) is 6.46. The molecule has 10 heteroatoms. The molecule has 0 radical (unpaired) electrons. The molecule has 0 bridgehead atoms. The van der Waals surface area contributed by atoms with Crippen molar-refractivity contribution < 1.29 is 4.79 Å². The molecule has 1 amide bonds. The highest BCUT2D eigenvalue weighted by Crippen LogP contribution is 2.31. The van der Waals surface area contributed by atoms with Crippen LogP contribution >= 0.6 is 22.7 Å². The number of likely N-dealkylation sites (tertiary alicyclic amines) is 1. The number of anilines is 2. The van der Waals surface area contributed by atoms with E-state index in [1.165, 1.54) is 54.2 Å². The Morgan fingerprint density at radius 1 is 1.17 bits per heavy atom. The molecule has 2 aliphatic rings. The predicted molar refractivity (Wildman–Crippen MR) is 145 cm³/mol. The number of aromatic nitrogens is 3. The number of rotatable bonds is 7. The molecule has 4 N–H and O–H groups in total. The second kappa shape index (κ2) is 9.88. The van der Waals surface area contributed by atoms with Crippen LogP contribution in [0.25, 0.3) is 17.0 Å². The zero-order chi connectivity index (χ0) is 24.5. The molecule has 0 aromatic carbocycles. The molecule has 1 saturated heterocycles. The number of nitrogens with one attached hydrogen (secondary N) is 2. The maximum atomic E-state index is 12.7. The summed E-state index contributed by atoms with van der Waals surface area (Å²) in [6.07, 6.45) is 12.2. The maximum Gasteiger partial charge on any atom is 0.265 e. The SMILES string of the molecule is NC1=C(NC(=O)c2ccc(Nc3nc(-c4cnc5ccc(CN6CCCC6)cn45)cs3)s2)C=CCC1. The summed E-state index contributed by atoms with van der Waals surface area (Å²) in [5, 5.41) is 9.91. The quantitative estimate of drug-likeness (QED) is 0.315. The van der Waals surface area contributed by atoms with Crippen LogP contribution in [-0.2, 0) is 6.54 Å². The van der Waals surface area contributed by atoms with Gasteiger partial charge in [-0.1, -0.05) is 12.1 Å². The van der Waals surface area contributed by atoms with E-state index in [-0.39, 0.29) is 5.91 Å². The van der Waals surface area contributed by atoms with E-state index in [1.807, 2.05) is 35.9 Å². The van der Waals surface area contributed by atoms with Crippen molar-refractivity contribution in [3.05, 3.63) is 76.0 Å². The first-order valence-corrected chi connectivity index (χ1v) is 13.8. The molecule has 8 nitrogen and oxygen atoms in total. The number of thiazole rings is 1. The Labute approximate surface area is 217 Å². The van der Waals surface area contributed by atoms with Crippen LogP contribution in [0.5, 0.6) is 0 Å². The third kappa shape index (κ3) is 4.79. The molecule has 4 aromatic heterocycles. The molecule has 4 aromatic rings. The highest BCUT2D eigenvalue weighted by molar-refractivity contribution is 7.19. The number of thiophene rings is 1. The molecule has 0 unspecified atom stereocenters.